The maximum atomic E-state index is 12.7. The van der Waals surface area contributed by atoms with E-state index in [0.29, 0.717) is 0 Å². The summed E-state index contributed by atoms with van der Waals surface area (Å²) in [5.41, 5.74) is 0.455. The molecule has 0 aliphatic heterocycles. The fourth-order valence-electron chi connectivity index (χ4n) is 1.87. The summed E-state index contributed by atoms with van der Waals surface area (Å²) in [5, 5.41) is 2.51. The van der Waals surface area contributed by atoms with E-state index in [1.165, 1.54) is 0 Å². The van der Waals surface area contributed by atoms with E-state index >= 15 is 0 Å². The van der Waals surface area contributed by atoms with Gasteiger partial charge in [-0.25, -0.2) is 0 Å². The summed E-state index contributed by atoms with van der Waals surface area (Å²) in [5.74, 6) is -0.662. The van der Waals surface area contributed by atoms with E-state index in [0.717, 1.165) is 29.5 Å². The van der Waals surface area contributed by atoms with Gasteiger partial charge in [-0.05, 0) is 42.8 Å². The SMILES string of the molecule is Cc1cc(CNC(=O)c2cc(C(F)(F)F)ccc2Cl)ccn1. The average molecular weight is 329 g/mol. The lowest BCUT2D eigenvalue weighted by Gasteiger charge is -2.11. The van der Waals surface area contributed by atoms with Crippen LogP contribution in [0.5, 0.6) is 0 Å². The molecule has 0 fully saturated rings. The number of alkyl halides is 3. The molecule has 0 aliphatic carbocycles. The van der Waals surface area contributed by atoms with Gasteiger partial charge in [0.05, 0.1) is 16.1 Å². The molecule has 3 nitrogen and oxygen atoms in total. The molecule has 1 N–H and O–H groups in total. The third kappa shape index (κ3) is 3.98. The Hall–Kier alpha value is -2.08. The number of pyridine rings is 1. The van der Waals surface area contributed by atoms with Gasteiger partial charge in [-0.3, -0.25) is 9.78 Å². The zero-order chi connectivity index (χ0) is 16.3. The maximum absolute atomic E-state index is 12.7. The maximum Gasteiger partial charge on any atom is 0.416 e. The lowest BCUT2D eigenvalue weighted by molar-refractivity contribution is -0.137. The van der Waals surface area contributed by atoms with Crippen LogP contribution in [0.1, 0.15) is 27.2 Å². The van der Waals surface area contributed by atoms with Crippen molar-refractivity contribution in [1.82, 2.24) is 10.3 Å². The molecular formula is C15H12ClF3N2O. The molecule has 22 heavy (non-hydrogen) atoms. The molecule has 1 aromatic heterocycles. The molecule has 7 heteroatoms. The molecule has 0 spiro atoms. The first-order valence-corrected chi connectivity index (χ1v) is 6.71. The Bertz CT molecular complexity index is 701. The molecule has 0 radical (unpaired) electrons. The summed E-state index contributed by atoms with van der Waals surface area (Å²) in [6.45, 7) is 1.98. The number of aromatic nitrogens is 1. The van der Waals surface area contributed by atoms with Crippen LogP contribution in [-0.4, -0.2) is 10.9 Å². The van der Waals surface area contributed by atoms with E-state index in [4.69, 9.17) is 11.6 Å². The average Bonchev–Trinajstić information content (AvgIpc) is 2.44. The zero-order valence-electron chi connectivity index (χ0n) is 11.5. The lowest BCUT2D eigenvalue weighted by Crippen LogP contribution is -2.23. The number of hydrogen-bond donors (Lipinski definition) is 1. The van der Waals surface area contributed by atoms with Crippen LogP contribution < -0.4 is 5.32 Å². The normalized spacial score (nSPS) is 11.3. The largest absolute Gasteiger partial charge is 0.416 e. The van der Waals surface area contributed by atoms with Crippen molar-refractivity contribution < 1.29 is 18.0 Å². The summed E-state index contributed by atoms with van der Waals surface area (Å²) in [6, 6.07) is 6.13. The quantitative estimate of drug-likeness (QED) is 0.925. The van der Waals surface area contributed by atoms with Gasteiger partial charge in [0, 0.05) is 18.4 Å². The Morgan fingerprint density at radius 1 is 1.27 bits per heavy atom. The molecule has 0 aliphatic rings. The van der Waals surface area contributed by atoms with Crippen LogP contribution in [0.3, 0.4) is 0 Å². The van der Waals surface area contributed by atoms with Gasteiger partial charge in [-0.2, -0.15) is 13.2 Å². The van der Waals surface area contributed by atoms with Crippen LogP contribution in [-0.2, 0) is 12.7 Å². The third-order valence-electron chi connectivity index (χ3n) is 2.95. The third-order valence-corrected chi connectivity index (χ3v) is 3.28. The van der Waals surface area contributed by atoms with E-state index in [2.05, 4.69) is 10.3 Å². The Kier molecular flexibility index (Phi) is 4.71. The first-order chi connectivity index (χ1) is 10.3. The summed E-state index contributed by atoms with van der Waals surface area (Å²) >= 11 is 5.81. The predicted molar refractivity (Wildman–Crippen MR) is 76.6 cm³/mol. The van der Waals surface area contributed by atoms with E-state index in [9.17, 15) is 18.0 Å². The van der Waals surface area contributed by atoms with Crippen molar-refractivity contribution in [3.8, 4) is 0 Å². The van der Waals surface area contributed by atoms with Crippen LogP contribution in [0.25, 0.3) is 0 Å². The highest BCUT2D eigenvalue weighted by molar-refractivity contribution is 6.33. The van der Waals surface area contributed by atoms with Crippen molar-refractivity contribution in [3.63, 3.8) is 0 Å². The molecule has 1 heterocycles. The van der Waals surface area contributed by atoms with E-state index in [1.54, 1.807) is 25.3 Å². The first-order valence-electron chi connectivity index (χ1n) is 6.34. The minimum atomic E-state index is -4.53. The molecule has 0 bridgehead atoms. The second-order valence-electron chi connectivity index (χ2n) is 4.68. The van der Waals surface area contributed by atoms with Crippen LogP contribution >= 0.6 is 11.6 Å². The highest BCUT2D eigenvalue weighted by atomic mass is 35.5. The van der Waals surface area contributed by atoms with Crippen molar-refractivity contribution in [2.45, 2.75) is 19.6 Å². The van der Waals surface area contributed by atoms with Crippen molar-refractivity contribution >= 4 is 17.5 Å². The number of rotatable bonds is 3. The molecule has 0 unspecified atom stereocenters. The standard InChI is InChI=1S/C15H12ClF3N2O/c1-9-6-10(4-5-20-9)8-21-14(22)12-7-11(15(17,18)19)2-3-13(12)16/h2-7H,8H2,1H3,(H,21,22). The number of carbonyl (C=O) groups is 1. The van der Waals surface area contributed by atoms with Crippen molar-refractivity contribution in [2.75, 3.05) is 0 Å². The number of benzene rings is 1. The van der Waals surface area contributed by atoms with Crippen LogP contribution in [0.4, 0.5) is 13.2 Å². The molecule has 1 aromatic carbocycles. The second-order valence-corrected chi connectivity index (χ2v) is 5.09. The van der Waals surface area contributed by atoms with E-state index in [-0.39, 0.29) is 17.1 Å². The van der Waals surface area contributed by atoms with Crippen LogP contribution in [0, 0.1) is 6.92 Å². The monoisotopic (exact) mass is 328 g/mol. The number of nitrogens with one attached hydrogen (secondary N) is 1. The van der Waals surface area contributed by atoms with E-state index < -0.39 is 17.6 Å². The van der Waals surface area contributed by atoms with Gasteiger partial charge in [-0.15, -0.1) is 0 Å². The minimum absolute atomic E-state index is 0.0311. The topological polar surface area (TPSA) is 42.0 Å². The molecule has 116 valence electrons. The fraction of sp³-hybridized carbons (Fsp3) is 0.200. The van der Waals surface area contributed by atoms with Crippen molar-refractivity contribution in [3.05, 3.63) is 63.9 Å². The van der Waals surface area contributed by atoms with Crippen molar-refractivity contribution in [2.24, 2.45) is 0 Å². The van der Waals surface area contributed by atoms with Crippen molar-refractivity contribution in [1.29, 1.82) is 0 Å². The number of hydrogen-bond acceptors (Lipinski definition) is 2. The summed E-state index contributed by atoms with van der Waals surface area (Å²) < 4.78 is 38.0. The molecule has 0 atom stereocenters. The number of aryl methyl sites for hydroxylation is 1. The summed E-state index contributed by atoms with van der Waals surface area (Å²) in [6.07, 6.45) is -2.93. The highest BCUT2D eigenvalue weighted by Gasteiger charge is 2.31. The Balaban J connectivity index is 2.15. The number of carbonyl (C=O) groups excluding carboxylic acids is 1. The van der Waals surface area contributed by atoms with Gasteiger partial charge in [0.2, 0.25) is 0 Å². The van der Waals surface area contributed by atoms with Gasteiger partial charge >= 0.3 is 6.18 Å². The highest BCUT2D eigenvalue weighted by Crippen LogP contribution is 2.31. The Morgan fingerprint density at radius 2 is 2.00 bits per heavy atom. The molecular weight excluding hydrogens is 317 g/mol. The second kappa shape index (κ2) is 6.36. The van der Waals surface area contributed by atoms with Gasteiger partial charge < -0.3 is 5.32 Å². The number of halogens is 4. The smallest absolute Gasteiger partial charge is 0.348 e. The van der Waals surface area contributed by atoms with Gasteiger partial charge in [0.1, 0.15) is 0 Å². The van der Waals surface area contributed by atoms with Crippen LogP contribution in [0.2, 0.25) is 5.02 Å². The van der Waals surface area contributed by atoms with Gasteiger partial charge in [-0.1, -0.05) is 11.6 Å². The van der Waals surface area contributed by atoms with E-state index in [1.807, 2.05) is 0 Å². The predicted octanol–water partition coefficient (Wildman–Crippen LogP) is 3.99. The molecule has 2 aromatic rings. The van der Waals surface area contributed by atoms with Gasteiger partial charge in [0.25, 0.3) is 5.91 Å². The molecule has 1 amide bonds. The minimum Gasteiger partial charge on any atom is -0.348 e. The van der Waals surface area contributed by atoms with Crippen LogP contribution in [0.15, 0.2) is 36.5 Å². The summed E-state index contributed by atoms with van der Waals surface area (Å²) in [4.78, 5) is 16.0. The molecule has 0 saturated heterocycles. The molecule has 0 saturated carbocycles. The van der Waals surface area contributed by atoms with Gasteiger partial charge in [0.15, 0.2) is 0 Å². The lowest BCUT2D eigenvalue weighted by atomic mass is 10.1. The first kappa shape index (κ1) is 16.3. The fourth-order valence-corrected chi connectivity index (χ4v) is 2.07. The number of amides is 1. The number of nitrogens with zero attached hydrogens (tertiary/aromatic N) is 1. The summed E-state index contributed by atoms with van der Waals surface area (Å²) in [7, 11) is 0. The Morgan fingerprint density at radius 3 is 2.64 bits per heavy atom. The zero-order valence-corrected chi connectivity index (χ0v) is 12.3. The Labute approximate surface area is 130 Å². The molecule has 2 rings (SSSR count).